The zero-order valence-electron chi connectivity index (χ0n) is 15.1. The van der Waals surface area contributed by atoms with Gasteiger partial charge in [0, 0.05) is 0 Å². The predicted molar refractivity (Wildman–Crippen MR) is 96.6 cm³/mol. The van der Waals surface area contributed by atoms with Crippen molar-refractivity contribution in [1.29, 1.82) is 0 Å². The van der Waals surface area contributed by atoms with Gasteiger partial charge in [-0.05, 0) is 72.6 Å². The first kappa shape index (κ1) is 15.6. The average molecular weight is 294 g/mol. The van der Waals surface area contributed by atoms with Gasteiger partial charge >= 0.3 is 0 Å². The van der Waals surface area contributed by atoms with E-state index in [1.807, 2.05) is 0 Å². The van der Waals surface area contributed by atoms with Crippen LogP contribution in [0.25, 0.3) is 0 Å². The van der Waals surface area contributed by atoms with E-state index in [0.29, 0.717) is 10.8 Å². The molecule has 0 aliphatic heterocycles. The fraction of sp³-hybridized carbons (Fsp3) is 0.545. The Hall–Kier alpha value is -1.30. The van der Waals surface area contributed by atoms with Crippen LogP contribution in [0, 0.1) is 6.92 Å². The van der Waals surface area contributed by atoms with Crippen molar-refractivity contribution in [1.82, 2.24) is 0 Å². The molecule has 2 aliphatic carbocycles. The summed E-state index contributed by atoms with van der Waals surface area (Å²) in [6, 6.07) is 5.02. The Morgan fingerprint density at radius 3 is 2.00 bits per heavy atom. The minimum Gasteiger partial charge on any atom is -0.0693 e. The van der Waals surface area contributed by atoms with E-state index in [4.69, 9.17) is 0 Å². The first-order valence-corrected chi connectivity index (χ1v) is 8.69. The maximum absolute atomic E-state index is 2.53. The average Bonchev–Trinajstić information content (AvgIpc) is 2.82. The van der Waals surface area contributed by atoms with E-state index in [1.54, 1.807) is 16.7 Å². The lowest BCUT2D eigenvalue weighted by Gasteiger charge is -2.42. The van der Waals surface area contributed by atoms with E-state index in [9.17, 15) is 0 Å². The number of allylic oxidation sites excluding steroid dienone is 4. The summed E-state index contributed by atoms with van der Waals surface area (Å²) < 4.78 is 0. The Kier molecular flexibility index (Phi) is 3.62. The van der Waals surface area contributed by atoms with E-state index < -0.39 is 0 Å². The molecule has 22 heavy (non-hydrogen) atoms. The van der Waals surface area contributed by atoms with Gasteiger partial charge in [-0.1, -0.05) is 63.1 Å². The van der Waals surface area contributed by atoms with Gasteiger partial charge < -0.3 is 0 Å². The van der Waals surface area contributed by atoms with Gasteiger partial charge in [-0.15, -0.1) is 0 Å². The number of hydrogen-bond donors (Lipinski definition) is 0. The van der Waals surface area contributed by atoms with Crippen LogP contribution in [0.4, 0.5) is 0 Å². The van der Waals surface area contributed by atoms with Crippen molar-refractivity contribution in [3.05, 3.63) is 57.7 Å². The number of fused-ring (bicyclic) bond motifs is 1. The van der Waals surface area contributed by atoms with Crippen LogP contribution in [0.2, 0.25) is 0 Å². The maximum Gasteiger partial charge on any atom is -0.00580 e. The van der Waals surface area contributed by atoms with Gasteiger partial charge in [0.1, 0.15) is 0 Å². The molecule has 0 amide bonds. The highest BCUT2D eigenvalue weighted by Gasteiger charge is 2.37. The Morgan fingerprint density at radius 1 is 0.864 bits per heavy atom. The summed E-state index contributed by atoms with van der Waals surface area (Å²) in [5.41, 5.74) is 9.85. The molecule has 0 saturated heterocycles. The Bertz CT molecular complexity index is 666. The van der Waals surface area contributed by atoms with Crippen LogP contribution in [0.15, 0.2) is 35.4 Å². The van der Waals surface area contributed by atoms with E-state index in [1.165, 1.54) is 29.5 Å². The molecular weight excluding hydrogens is 264 g/mol. The number of rotatable bonds is 2. The predicted octanol–water partition coefficient (Wildman–Crippen LogP) is 6.16. The van der Waals surface area contributed by atoms with Crippen molar-refractivity contribution in [3.8, 4) is 0 Å². The highest BCUT2D eigenvalue weighted by molar-refractivity contribution is 5.48. The summed E-state index contributed by atoms with van der Waals surface area (Å²) in [5, 5.41) is 0. The number of benzene rings is 1. The number of aryl methyl sites for hydroxylation is 1. The molecule has 0 N–H and O–H groups in total. The summed E-state index contributed by atoms with van der Waals surface area (Å²) in [5.74, 6) is 0. The lowest BCUT2D eigenvalue weighted by Crippen LogP contribution is -2.34. The zero-order valence-corrected chi connectivity index (χ0v) is 15.1. The highest BCUT2D eigenvalue weighted by atomic mass is 14.4. The molecule has 118 valence electrons. The lowest BCUT2D eigenvalue weighted by atomic mass is 9.62. The van der Waals surface area contributed by atoms with Crippen molar-refractivity contribution in [3.63, 3.8) is 0 Å². The van der Waals surface area contributed by atoms with Crippen LogP contribution in [-0.4, -0.2) is 0 Å². The fourth-order valence-electron chi connectivity index (χ4n) is 4.06. The third-order valence-corrected chi connectivity index (χ3v) is 5.84. The van der Waals surface area contributed by atoms with Crippen LogP contribution in [0.1, 0.15) is 76.1 Å². The third-order valence-electron chi connectivity index (χ3n) is 5.84. The second-order valence-electron chi connectivity index (χ2n) is 8.78. The Balaban J connectivity index is 2.01. The molecule has 0 unspecified atom stereocenters. The normalized spacial score (nSPS) is 22.1. The molecule has 0 fully saturated rings. The van der Waals surface area contributed by atoms with Crippen molar-refractivity contribution < 1.29 is 0 Å². The van der Waals surface area contributed by atoms with Gasteiger partial charge in [0.2, 0.25) is 0 Å². The van der Waals surface area contributed by atoms with Crippen molar-refractivity contribution in [2.75, 3.05) is 0 Å². The van der Waals surface area contributed by atoms with Gasteiger partial charge in [0.25, 0.3) is 0 Å². The smallest absolute Gasteiger partial charge is 0.00580 e. The van der Waals surface area contributed by atoms with Crippen LogP contribution < -0.4 is 0 Å². The van der Waals surface area contributed by atoms with Crippen LogP contribution in [0.5, 0.6) is 0 Å². The van der Waals surface area contributed by atoms with Crippen LogP contribution in [0.3, 0.4) is 0 Å². The molecule has 0 nitrogen and oxygen atoms in total. The molecule has 1 aromatic rings. The Labute approximate surface area is 136 Å². The molecular formula is C22H30. The van der Waals surface area contributed by atoms with E-state index >= 15 is 0 Å². The molecule has 0 atom stereocenters. The summed E-state index contributed by atoms with van der Waals surface area (Å²) >= 11 is 0. The molecule has 1 aromatic carbocycles. The van der Waals surface area contributed by atoms with Gasteiger partial charge in [-0.3, -0.25) is 0 Å². The van der Waals surface area contributed by atoms with E-state index in [2.05, 4.69) is 65.8 Å². The topological polar surface area (TPSA) is 0 Å². The minimum atomic E-state index is 0.311. The van der Waals surface area contributed by atoms with Gasteiger partial charge in [0.15, 0.2) is 0 Å². The van der Waals surface area contributed by atoms with Crippen LogP contribution in [-0.2, 0) is 17.3 Å². The summed E-state index contributed by atoms with van der Waals surface area (Å²) in [7, 11) is 0. The first-order chi connectivity index (χ1) is 10.2. The molecule has 0 aromatic heterocycles. The second-order valence-corrected chi connectivity index (χ2v) is 8.78. The van der Waals surface area contributed by atoms with Crippen LogP contribution >= 0.6 is 0 Å². The Morgan fingerprint density at radius 2 is 1.45 bits per heavy atom. The molecule has 0 heterocycles. The van der Waals surface area contributed by atoms with E-state index in [0.717, 1.165) is 12.8 Å². The SMILES string of the molecule is CC1=CC=C(Cc2cc3c(cc2C)C(C)(C)CCC3(C)C)C1. The fourth-order valence-corrected chi connectivity index (χ4v) is 4.06. The quantitative estimate of drug-likeness (QED) is 0.612. The van der Waals surface area contributed by atoms with Gasteiger partial charge in [-0.2, -0.15) is 0 Å². The molecule has 0 saturated carbocycles. The third kappa shape index (κ3) is 2.69. The van der Waals surface area contributed by atoms with E-state index in [-0.39, 0.29) is 0 Å². The van der Waals surface area contributed by atoms with Crippen molar-refractivity contribution in [2.24, 2.45) is 0 Å². The first-order valence-electron chi connectivity index (χ1n) is 8.69. The molecule has 0 spiro atoms. The zero-order chi connectivity index (χ0) is 16.1. The number of hydrogen-bond acceptors (Lipinski definition) is 0. The standard InChI is InChI=1S/C22H30/c1-15-7-8-17(11-15)13-18-14-20-19(12-16(18)2)21(3,4)9-10-22(20,5)6/h7-8,12,14H,9-11,13H2,1-6H3. The summed E-state index contributed by atoms with van der Waals surface area (Å²) in [6.45, 7) is 14.2. The monoisotopic (exact) mass is 294 g/mol. The summed E-state index contributed by atoms with van der Waals surface area (Å²) in [4.78, 5) is 0. The molecule has 0 bridgehead atoms. The van der Waals surface area contributed by atoms with Gasteiger partial charge in [0.05, 0.1) is 0 Å². The van der Waals surface area contributed by atoms with Crippen molar-refractivity contribution >= 4 is 0 Å². The highest BCUT2D eigenvalue weighted by Crippen LogP contribution is 2.46. The van der Waals surface area contributed by atoms with Gasteiger partial charge in [-0.25, -0.2) is 0 Å². The summed E-state index contributed by atoms with van der Waals surface area (Å²) in [6.07, 6.45) is 9.45. The molecule has 3 rings (SSSR count). The molecule has 0 radical (unpaired) electrons. The molecule has 0 heteroatoms. The van der Waals surface area contributed by atoms with Crippen molar-refractivity contribution in [2.45, 2.75) is 78.1 Å². The minimum absolute atomic E-state index is 0.311. The lowest BCUT2D eigenvalue weighted by molar-refractivity contribution is 0.331. The largest absolute Gasteiger partial charge is 0.0693 e. The molecule has 2 aliphatic rings. The second kappa shape index (κ2) is 5.11. The maximum atomic E-state index is 2.53.